The summed E-state index contributed by atoms with van der Waals surface area (Å²) in [5, 5.41) is 0. The maximum Gasteiger partial charge on any atom is 0.351 e. The number of esters is 1. The fraction of sp³-hybridized carbons (Fsp3) is 0.150. The standard InChI is InChI=1S/C20H19N3O4/c21-18-11-12-23(20(25)22-18)14-27-17(15-7-3-1-4-8-15)13-26-19(24)16-9-5-2-6-10-16/h1-12,17H,13-14H2,(H2,21,22,25)/t17-/m1/s1. The summed E-state index contributed by atoms with van der Waals surface area (Å²) in [7, 11) is 0. The summed E-state index contributed by atoms with van der Waals surface area (Å²) in [5.74, 6) is -0.293. The number of hydrogen-bond acceptors (Lipinski definition) is 6. The number of aromatic nitrogens is 2. The molecule has 0 unspecified atom stereocenters. The largest absolute Gasteiger partial charge is 0.459 e. The molecular weight excluding hydrogens is 346 g/mol. The second kappa shape index (κ2) is 8.77. The molecule has 0 radical (unpaired) electrons. The van der Waals surface area contributed by atoms with E-state index in [1.807, 2.05) is 36.4 Å². The Hall–Kier alpha value is -3.45. The zero-order chi connectivity index (χ0) is 19.1. The first-order valence-corrected chi connectivity index (χ1v) is 8.35. The van der Waals surface area contributed by atoms with Crippen molar-refractivity contribution in [3.8, 4) is 0 Å². The van der Waals surface area contributed by atoms with Gasteiger partial charge in [-0.05, 0) is 23.8 Å². The number of ether oxygens (including phenoxy) is 2. The third-order valence-corrected chi connectivity index (χ3v) is 3.86. The highest BCUT2D eigenvalue weighted by Gasteiger charge is 2.16. The van der Waals surface area contributed by atoms with Gasteiger partial charge in [-0.15, -0.1) is 0 Å². The van der Waals surface area contributed by atoms with Crippen molar-refractivity contribution in [1.29, 1.82) is 0 Å². The van der Waals surface area contributed by atoms with Gasteiger partial charge in [0.2, 0.25) is 0 Å². The molecule has 0 bridgehead atoms. The van der Waals surface area contributed by atoms with Crippen LogP contribution < -0.4 is 11.4 Å². The van der Waals surface area contributed by atoms with Crippen molar-refractivity contribution in [1.82, 2.24) is 9.55 Å². The predicted octanol–water partition coefficient (Wildman–Crippen LogP) is 2.40. The van der Waals surface area contributed by atoms with E-state index >= 15 is 0 Å². The summed E-state index contributed by atoms with van der Waals surface area (Å²) < 4.78 is 12.5. The number of rotatable bonds is 7. The molecule has 0 amide bonds. The van der Waals surface area contributed by atoms with Crippen LogP contribution in [-0.4, -0.2) is 22.1 Å². The molecule has 0 saturated heterocycles. The Morgan fingerprint density at radius 1 is 1.04 bits per heavy atom. The minimum Gasteiger partial charge on any atom is -0.459 e. The van der Waals surface area contributed by atoms with Gasteiger partial charge in [0.15, 0.2) is 0 Å². The first kappa shape index (κ1) is 18.3. The average Bonchev–Trinajstić information content (AvgIpc) is 2.70. The molecule has 27 heavy (non-hydrogen) atoms. The van der Waals surface area contributed by atoms with E-state index in [9.17, 15) is 9.59 Å². The van der Waals surface area contributed by atoms with E-state index in [1.54, 1.807) is 24.3 Å². The topological polar surface area (TPSA) is 96.4 Å². The second-order valence-electron chi connectivity index (χ2n) is 5.76. The van der Waals surface area contributed by atoms with E-state index in [1.165, 1.54) is 16.8 Å². The molecular formula is C20H19N3O4. The molecule has 3 aromatic rings. The van der Waals surface area contributed by atoms with Crippen molar-refractivity contribution in [3.05, 3.63) is 94.5 Å². The third kappa shape index (κ3) is 5.02. The van der Waals surface area contributed by atoms with Gasteiger partial charge in [0.1, 0.15) is 25.3 Å². The average molecular weight is 365 g/mol. The van der Waals surface area contributed by atoms with E-state index in [0.717, 1.165) is 5.56 Å². The molecule has 2 N–H and O–H groups in total. The van der Waals surface area contributed by atoms with Crippen LogP contribution in [-0.2, 0) is 16.2 Å². The monoisotopic (exact) mass is 365 g/mol. The van der Waals surface area contributed by atoms with Crippen molar-refractivity contribution in [2.75, 3.05) is 12.3 Å². The highest BCUT2D eigenvalue weighted by molar-refractivity contribution is 5.89. The Bertz CT molecular complexity index is 942. The Balaban J connectivity index is 1.69. The lowest BCUT2D eigenvalue weighted by Crippen LogP contribution is -2.26. The van der Waals surface area contributed by atoms with Crippen molar-refractivity contribution < 1.29 is 14.3 Å². The van der Waals surface area contributed by atoms with Gasteiger partial charge < -0.3 is 15.2 Å². The van der Waals surface area contributed by atoms with E-state index in [2.05, 4.69) is 4.98 Å². The molecule has 7 nitrogen and oxygen atoms in total. The number of nitrogens with zero attached hydrogens (tertiary/aromatic N) is 2. The van der Waals surface area contributed by atoms with E-state index in [4.69, 9.17) is 15.2 Å². The first-order chi connectivity index (χ1) is 13.1. The highest BCUT2D eigenvalue weighted by Crippen LogP contribution is 2.19. The normalized spacial score (nSPS) is 11.7. The fourth-order valence-electron chi connectivity index (χ4n) is 2.43. The molecule has 0 spiro atoms. The van der Waals surface area contributed by atoms with Crippen LogP contribution in [0.4, 0.5) is 5.82 Å². The SMILES string of the molecule is Nc1ccn(CO[C@H](COC(=O)c2ccccc2)c2ccccc2)c(=O)n1. The second-order valence-corrected chi connectivity index (χ2v) is 5.76. The van der Waals surface area contributed by atoms with Gasteiger partial charge >= 0.3 is 11.7 Å². The summed E-state index contributed by atoms with van der Waals surface area (Å²) in [6.45, 7) is -0.0382. The zero-order valence-corrected chi connectivity index (χ0v) is 14.5. The number of carbonyl (C=O) groups is 1. The Kier molecular flexibility index (Phi) is 5.96. The molecule has 1 atom stereocenters. The van der Waals surface area contributed by atoms with Gasteiger partial charge in [-0.25, -0.2) is 9.59 Å². The molecule has 2 aromatic carbocycles. The first-order valence-electron chi connectivity index (χ1n) is 8.35. The number of nitrogens with two attached hydrogens (primary N) is 1. The molecule has 1 aromatic heterocycles. The summed E-state index contributed by atoms with van der Waals surface area (Å²) in [6.07, 6.45) is 0.964. The van der Waals surface area contributed by atoms with Crippen LogP contribution in [0, 0.1) is 0 Å². The molecule has 138 valence electrons. The number of carbonyl (C=O) groups excluding carboxylic acids is 1. The van der Waals surface area contributed by atoms with E-state index < -0.39 is 17.8 Å². The molecule has 0 saturated carbocycles. The van der Waals surface area contributed by atoms with Gasteiger partial charge in [-0.2, -0.15) is 4.98 Å². The molecule has 0 aliphatic carbocycles. The van der Waals surface area contributed by atoms with Crippen LogP contribution in [0.1, 0.15) is 22.0 Å². The third-order valence-electron chi connectivity index (χ3n) is 3.86. The Morgan fingerprint density at radius 3 is 2.37 bits per heavy atom. The molecule has 3 rings (SSSR count). The highest BCUT2D eigenvalue weighted by atomic mass is 16.6. The lowest BCUT2D eigenvalue weighted by molar-refractivity contribution is -0.0376. The Morgan fingerprint density at radius 2 is 1.70 bits per heavy atom. The lowest BCUT2D eigenvalue weighted by Gasteiger charge is -2.19. The number of anilines is 1. The van der Waals surface area contributed by atoms with Crippen LogP contribution in [0.25, 0.3) is 0 Å². The summed E-state index contributed by atoms with van der Waals surface area (Å²) in [4.78, 5) is 27.7. The number of hydrogen-bond donors (Lipinski definition) is 1. The Labute approximate surface area is 156 Å². The van der Waals surface area contributed by atoms with Crippen molar-refractivity contribution in [3.63, 3.8) is 0 Å². The van der Waals surface area contributed by atoms with E-state index in [-0.39, 0.29) is 19.2 Å². The minimum absolute atomic E-state index is 0.00882. The summed E-state index contributed by atoms with van der Waals surface area (Å²) in [5.41, 5.74) is 6.27. The summed E-state index contributed by atoms with van der Waals surface area (Å²) in [6, 6.07) is 19.6. The van der Waals surface area contributed by atoms with Crippen LogP contribution >= 0.6 is 0 Å². The smallest absolute Gasteiger partial charge is 0.351 e. The quantitative estimate of drug-likeness (QED) is 0.646. The zero-order valence-electron chi connectivity index (χ0n) is 14.5. The molecule has 1 heterocycles. The van der Waals surface area contributed by atoms with Crippen molar-refractivity contribution in [2.24, 2.45) is 0 Å². The van der Waals surface area contributed by atoms with Gasteiger partial charge in [-0.3, -0.25) is 4.57 Å². The number of nitrogen functional groups attached to an aromatic ring is 1. The van der Waals surface area contributed by atoms with Gasteiger partial charge in [0.25, 0.3) is 0 Å². The van der Waals surface area contributed by atoms with Crippen LogP contribution in [0.2, 0.25) is 0 Å². The van der Waals surface area contributed by atoms with Crippen LogP contribution in [0.3, 0.4) is 0 Å². The summed E-state index contributed by atoms with van der Waals surface area (Å²) >= 11 is 0. The van der Waals surface area contributed by atoms with E-state index in [0.29, 0.717) is 5.56 Å². The van der Waals surface area contributed by atoms with Crippen molar-refractivity contribution >= 4 is 11.8 Å². The van der Waals surface area contributed by atoms with Crippen LogP contribution in [0.15, 0.2) is 77.7 Å². The molecule has 0 fully saturated rings. The molecule has 0 aliphatic rings. The molecule has 0 aliphatic heterocycles. The maximum absolute atomic E-state index is 12.2. The van der Waals surface area contributed by atoms with Gasteiger partial charge in [-0.1, -0.05) is 48.5 Å². The lowest BCUT2D eigenvalue weighted by atomic mass is 10.1. The minimum atomic E-state index is -0.539. The fourth-order valence-corrected chi connectivity index (χ4v) is 2.43. The number of benzene rings is 2. The van der Waals surface area contributed by atoms with Crippen LogP contribution in [0.5, 0.6) is 0 Å². The predicted molar refractivity (Wildman–Crippen MR) is 99.9 cm³/mol. The molecule has 7 heteroatoms. The van der Waals surface area contributed by atoms with Crippen molar-refractivity contribution in [2.45, 2.75) is 12.8 Å². The van der Waals surface area contributed by atoms with Gasteiger partial charge in [0.05, 0.1) is 5.56 Å². The van der Waals surface area contributed by atoms with Gasteiger partial charge in [0, 0.05) is 6.20 Å². The maximum atomic E-state index is 12.2.